The second-order valence-electron chi connectivity index (χ2n) is 6.41. The molecule has 1 aliphatic rings. The number of carbonyl (C=O) groups excluding carboxylic acids is 1. The van der Waals surface area contributed by atoms with Crippen LogP contribution in [0.3, 0.4) is 0 Å². The monoisotopic (exact) mass is 408 g/mol. The van der Waals surface area contributed by atoms with E-state index in [1.54, 1.807) is 23.5 Å². The molecule has 1 unspecified atom stereocenters. The maximum absolute atomic E-state index is 12.7. The number of halogens is 1. The summed E-state index contributed by atoms with van der Waals surface area (Å²) in [5.74, 6) is 0.759. The summed E-state index contributed by atoms with van der Waals surface area (Å²) < 4.78 is 10.9. The minimum absolute atomic E-state index is 0.168. The molecule has 0 radical (unpaired) electrons. The predicted molar refractivity (Wildman–Crippen MR) is 109 cm³/mol. The van der Waals surface area contributed by atoms with Gasteiger partial charge in [0.05, 0.1) is 24.8 Å². The number of nitrogens with one attached hydrogen (secondary N) is 1. The Bertz CT molecular complexity index is 761. The van der Waals surface area contributed by atoms with Crippen molar-refractivity contribution in [3.8, 4) is 11.5 Å². The minimum Gasteiger partial charge on any atom is -0.493 e. The number of rotatable bonds is 8. The van der Waals surface area contributed by atoms with Crippen LogP contribution in [0.25, 0.3) is 0 Å². The van der Waals surface area contributed by atoms with Crippen molar-refractivity contribution in [3.63, 3.8) is 0 Å². The van der Waals surface area contributed by atoms with Crippen LogP contribution in [0.5, 0.6) is 11.5 Å². The van der Waals surface area contributed by atoms with Gasteiger partial charge in [-0.05, 0) is 56.4 Å². The van der Waals surface area contributed by atoms with Crippen LogP contribution in [0, 0.1) is 0 Å². The minimum atomic E-state index is -0.168. The normalized spacial score (nSPS) is 15.5. The van der Waals surface area contributed by atoms with Crippen molar-refractivity contribution < 1.29 is 14.3 Å². The summed E-state index contributed by atoms with van der Waals surface area (Å²) >= 11 is 8.02. The molecule has 1 amide bonds. The van der Waals surface area contributed by atoms with Crippen LogP contribution in [0.15, 0.2) is 29.6 Å². The Balaban J connectivity index is 1.73. The number of likely N-dealkylation sites (tertiary alicyclic amines) is 1. The van der Waals surface area contributed by atoms with E-state index in [4.69, 9.17) is 21.1 Å². The van der Waals surface area contributed by atoms with E-state index >= 15 is 0 Å². The van der Waals surface area contributed by atoms with Gasteiger partial charge >= 0.3 is 0 Å². The largest absolute Gasteiger partial charge is 0.493 e. The number of thiophene rings is 1. The van der Waals surface area contributed by atoms with E-state index in [0.29, 0.717) is 35.2 Å². The van der Waals surface area contributed by atoms with E-state index in [9.17, 15) is 4.79 Å². The van der Waals surface area contributed by atoms with Crippen LogP contribution in [-0.4, -0.2) is 44.2 Å². The molecule has 1 aliphatic heterocycles. The second kappa shape index (κ2) is 9.44. The zero-order valence-corrected chi connectivity index (χ0v) is 17.2. The first-order chi connectivity index (χ1) is 13.1. The molecule has 0 saturated carbocycles. The molecule has 27 heavy (non-hydrogen) atoms. The molecule has 2 heterocycles. The third-order valence-electron chi connectivity index (χ3n) is 4.69. The van der Waals surface area contributed by atoms with Crippen molar-refractivity contribution in [1.82, 2.24) is 10.2 Å². The Morgan fingerprint density at radius 2 is 2.15 bits per heavy atom. The lowest BCUT2D eigenvalue weighted by atomic mass is 10.1. The molecule has 1 N–H and O–H groups in total. The SMILES string of the molecule is CCOc1c(Cl)cc(C(=O)NCC(c2cccs2)N2CCCC2)cc1OC. The van der Waals surface area contributed by atoms with E-state index in [-0.39, 0.29) is 11.9 Å². The number of amides is 1. The van der Waals surface area contributed by atoms with Gasteiger partial charge < -0.3 is 14.8 Å². The highest BCUT2D eigenvalue weighted by Gasteiger charge is 2.25. The van der Waals surface area contributed by atoms with Gasteiger partial charge in [0.15, 0.2) is 11.5 Å². The van der Waals surface area contributed by atoms with Crippen LogP contribution in [0.1, 0.15) is 41.0 Å². The van der Waals surface area contributed by atoms with Crippen molar-refractivity contribution in [2.24, 2.45) is 0 Å². The number of carbonyl (C=O) groups is 1. The van der Waals surface area contributed by atoms with E-state index in [1.165, 1.54) is 24.8 Å². The fraction of sp³-hybridized carbons (Fsp3) is 0.450. The molecule has 0 bridgehead atoms. The Morgan fingerprint density at radius 1 is 1.37 bits per heavy atom. The summed E-state index contributed by atoms with van der Waals surface area (Å²) in [5, 5.41) is 5.52. The molecule has 5 nitrogen and oxygen atoms in total. The number of methoxy groups -OCH3 is 1. The standard InChI is InChI=1S/C20H25ClN2O3S/c1-3-26-19-15(21)11-14(12-17(19)25-2)20(24)22-13-16(18-7-6-10-27-18)23-8-4-5-9-23/h6-7,10-12,16H,3-5,8-9,13H2,1-2H3,(H,22,24). The zero-order chi connectivity index (χ0) is 19.2. The first-order valence-electron chi connectivity index (χ1n) is 9.20. The van der Waals surface area contributed by atoms with Gasteiger partial charge in [-0.1, -0.05) is 17.7 Å². The van der Waals surface area contributed by atoms with Crippen molar-refractivity contribution in [1.29, 1.82) is 0 Å². The summed E-state index contributed by atoms with van der Waals surface area (Å²) in [6.07, 6.45) is 2.42. The fourth-order valence-electron chi connectivity index (χ4n) is 3.37. The maximum Gasteiger partial charge on any atom is 0.251 e. The fourth-order valence-corrected chi connectivity index (χ4v) is 4.50. The summed E-state index contributed by atoms with van der Waals surface area (Å²) in [7, 11) is 1.54. The van der Waals surface area contributed by atoms with Gasteiger partial charge in [-0.3, -0.25) is 9.69 Å². The van der Waals surface area contributed by atoms with Crippen LogP contribution >= 0.6 is 22.9 Å². The smallest absolute Gasteiger partial charge is 0.251 e. The highest BCUT2D eigenvalue weighted by atomic mass is 35.5. The molecular weight excluding hydrogens is 384 g/mol. The molecule has 0 aliphatic carbocycles. The molecule has 1 atom stereocenters. The molecule has 0 spiro atoms. The van der Waals surface area contributed by atoms with Crippen LogP contribution in [0.2, 0.25) is 5.02 Å². The van der Waals surface area contributed by atoms with Gasteiger partial charge in [0.2, 0.25) is 0 Å². The molecule has 1 fully saturated rings. The van der Waals surface area contributed by atoms with E-state index in [2.05, 4.69) is 27.7 Å². The van der Waals surface area contributed by atoms with Gasteiger partial charge in [0, 0.05) is 17.0 Å². The summed E-state index contributed by atoms with van der Waals surface area (Å²) in [5.41, 5.74) is 0.464. The highest BCUT2D eigenvalue weighted by Crippen LogP contribution is 2.36. The maximum atomic E-state index is 12.7. The number of benzene rings is 1. The van der Waals surface area contributed by atoms with Crippen LogP contribution < -0.4 is 14.8 Å². The highest BCUT2D eigenvalue weighted by molar-refractivity contribution is 7.10. The predicted octanol–water partition coefficient (Wildman–Crippen LogP) is 4.38. The van der Waals surface area contributed by atoms with E-state index < -0.39 is 0 Å². The van der Waals surface area contributed by atoms with Crippen molar-refractivity contribution in [3.05, 3.63) is 45.1 Å². The lowest BCUT2D eigenvalue weighted by molar-refractivity contribution is 0.0938. The Labute approximate surface area is 169 Å². The molecule has 1 saturated heterocycles. The Hall–Kier alpha value is -1.76. The Morgan fingerprint density at radius 3 is 2.78 bits per heavy atom. The molecule has 2 aromatic rings. The molecular formula is C20H25ClN2O3S. The van der Waals surface area contributed by atoms with Gasteiger partial charge in [-0.15, -0.1) is 11.3 Å². The molecule has 3 rings (SSSR count). The van der Waals surface area contributed by atoms with E-state index in [0.717, 1.165) is 13.1 Å². The van der Waals surface area contributed by atoms with E-state index in [1.807, 2.05) is 6.92 Å². The Kier molecular flexibility index (Phi) is 6.99. The average Bonchev–Trinajstić information content (AvgIpc) is 3.37. The number of ether oxygens (including phenoxy) is 2. The lowest BCUT2D eigenvalue weighted by Crippen LogP contribution is -2.36. The zero-order valence-electron chi connectivity index (χ0n) is 15.7. The average molecular weight is 409 g/mol. The second-order valence-corrected chi connectivity index (χ2v) is 7.79. The number of hydrogen-bond donors (Lipinski definition) is 1. The third-order valence-corrected chi connectivity index (χ3v) is 5.94. The number of nitrogens with zero attached hydrogens (tertiary/aromatic N) is 1. The molecule has 1 aromatic carbocycles. The quantitative estimate of drug-likeness (QED) is 0.704. The van der Waals surface area contributed by atoms with Gasteiger partial charge in [0.1, 0.15) is 0 Å². The van der Waals surface area contributed by atoms with Crippen molar-refractivity contribution in [2.45, 2.75) is 25.8 Å². The van der Waals surface area contributed by atoms with Crippen LogP contribution in [-0.2, 0) is 0 Å². The van der Waals surface area contributed by atoms with Crippen LogP contribution in [0.4, 0.5) is 0 Å². The van der Waals surface area contributed by atoms with Gasteiger partial charge in [-0.2, -0.15) is 0 Å². The topological polar surface area (TPSA) is 50.8 Å². The number of hydrogen-bond acceptors (Lipinski definition) is 5. The summed E-state index contributed by atoms with van der Waals surface area (Å²) in [6.45, 7) is 5.05. The molecule has 146 valence electrons. The summed E-state index contributed by atoms with van der Waals surface area (Å²) in [6, 6.07) is 7.69. The van der Waals surface area contributed by atoms with Gasteiger partial charge in [0.25, 0.3) is 5.91 Å². The van der Waals surface area contributed by atoms with Gasteiger partial charge in [-0.25, -0.2) is 0 Å². The first kappa shape index (κ1) is 20.0. The van der Waals surface area contributed by atoms with Crippen molar-refractivity contribution >= 4 is 28.8 Å². The third kappa shape index (κ3) is 4.75. The lowest BCUT2D eigenvalue weighted by Gasteiger charge is -2.27. The summed E-state index contributed by atoms with van der Waals surface area (Å²) in [4.78, 5) is 16.5. The first-order valence-corrected chi connectivity index (χ1v) is 10.5. The molecule has 7 heteroatoms. The van der Waals surface area contributed by atoms with Crippen molar-refractivity contribution in [2.75, 3.05) is 33.4 Å². The molecule has 1 aromatic heterocycles.